The summed E-state index contributed by atoms with van der Waals surface area (Å²) < 4.78 is 6.22. The molecular weight excluding hydrogens is 350 g/mol. The van der Waals surface area contributed by atoms with E-state index >= 15 is 0 Å². The van der Waals surface area contributed by atoms with Crippen molar-refractivity contribution in [2.75, 3.05) is 19.7 Å². The van der Waals surface area contributed by atoms with Crippen LogP contribution in [0.3, 0.4) is 0 Å². The first kappa shape index (κ1) is 19.1. The Labute approximate surface area is 167 Å². The number of carbonyl (C=O) groups is 1. The summed E-state index contributed by atoms with van der Waals surface area (Å²) in [7, 11) is 0. The van der Waals surface area contributed by atoms with E-state index in [1.807, 2.05) is 48.5 Å². The SMILES string of the molecule is O=C(NCc1ccccc1)C1(Cc2ccccn2)CN(C2CCCC2)CCO1. The smallest absolute Gasteiger partial charge is 0.254 e. The van der Waals surface area contributed by atoms with Crippen LogP contribution in [0.2, 0.25) is 0 Å². The number of hydrogen-bond acceptors (Lipinski definition) is 4. The van der Waals surface area contributed by atoms with Crippen molar-refractivity contribution < 1.29 is 9.53 Å². The minimum atomic E-state index is -0.885. The summed E-state index contributed by atoms with van der Waals surface area (Å²) in [5, 5.41) is 3.12. The summed E-state index contributed by atoms with van der Waals surface area (Å²) in [6, 6.07) is 16.4. The van der Waals surface area contributed by atoms with Crippen LogP contribution in [-0.2, 0) is 22.5 Å². The average molecular weight is 380 g/mol. The third-order valence-corrected chi connectivity index (χ3v) is 5.96. The van der Waals surface area contributed by atoms with Gasteiger partial charge in [0.15, 0.2) is 5.60 Å². The van der Waals surface area contributed by atoms with Crippen molar-refractivity contribution in [3.63, 3.8) is 0 Å². The Kier molecular flexibility index (Phi) is 6.03. The maximum absolute atomic E-state index is 13.4. The van der Waals surface area contributed by atoms with Crippen LogP contribution in [0.4, 0.5) is 0 Å². The molecule has 0 bridgehead atoms. The topological polar surface area (TPSA) is 54.5 Å². The van der Waals surface area contributed by atoms with Gasteiger partial charge in [-0.2, -0.15) is 0 Å². The van der Waals surface area contributed by atoms with Crippen LogP contribution in [0.1, 0.15) is 36.9 Å². The van der Waals surface area contributed by atoms with Gasteiger partial charge in [-0.05, 0) is 30.5 Å². The van der Waals surface area contributed by atoms with Gasteiger partial charge in [-0.3, -0.25) is 14.7 Å². The van der Waals surface area contributed by atoms with Crippen molar-refractivity contribution in [1.82, 2.24) is 15.2 Å². The fourth-order valence-electron chi connectivity index (χ4n) is 4.45. The zero-order valence-electron chi connectivity index (χ0n) is 16.3. The average Bonchev–Trinajstić information content (AvgIpc) is 3.29. The normalized spacial score (nSPS) is 23.6. The van der Waals surface area contributed by atoms with Gasteiger partial charge in [-0.15, -0.1) is 0 Å². The summed E-state index contributed by atoms with van der Waals surface area (Å²) in [6.07, 6.45) is 7.31. The van der Waals surface area contributed by atoms with E-state index in [1.54, 1.807) is 6.20 Å². The van der Waals surface area contributed by atoms with E-state index in [1.165, 1.54) is 25.7 Å². The van der Waals surface area contributed by atoms with Gasteiger partial charge in [-0.1, -0.05) is 49.2 Å². The third kappa shape index (κ3) is 4.42. The lowest BCUT2D eigenvalue weighted by Crippen LogP contribution is -2.62. The number of nitrogens with zero attached hydrogens (tertiary/aromatic N) is 2. The molecule has 1 aromatic carbocycles. The quantitative estimate of drug-likeness (QED) is 0.838. The van der Waals surface area contributed by atoms with Gasteiger partial charge >= 0.3 is 0 Å². The van der Waals surface area contributed by atoms with E-state index < -0.39 is 5.60 Å². The number of morpholine rings is 1. The predicted molar refractivity (Wildman–Crippen MR) is 109 cm³/mol. The molecule has 148 valence electrons. The number of nitrogens with one attached hydrogen (secondary N) is 1. The zero-order valence-corrected chi connectivity index (χ0v) is 16.3. The Morgan fingerprint density at radius 3 is 2.68 bits per heavy atom. The highest BCUT2D eigenvalue weighted by molar-refractivity contribution is 5.86. The molecule has 28 heavy (non-hydrogen) atoms. The number of pyridine rings is 1. The van der Waals surface area contributed by atoms with E-state index in [2.05, 4.69) is 15.2 Å². The van der Waals surface area contributed by atoms with Crippen molar-refractivity contribution in [3.8, 4) is 0 Å². The summed E-state index contributed by atoms with van der Waals surface area (Å²) in [4.78, 5) is 20.3. The molecule has 1 aliphatic carbocycles. The molecule has 2 heterocycles. The maximum Gasteiger partial charge on any atom is 0.254 e. The first-order valence-corrected chi connectivity index (χ1v) is 10.4. The van der Waals surface area contributed by atoms with Gasteiger partial charge < -0.3 is 10.1 Å². The zero-order chi connectivity index (χ0) is 19.2. The molecule has 1 saturated heterocycles. The lowest BCUT2D eigenvalue weighted by Gasteiger charge is -2.43. The van der Waals surface area contributed by atoms with Crippen molar-refractivity contribution in [2.24, 2.45) is 0 Å². The molecule has 2 fully saturated rings. The molecule has 2 aromatic rings. The Balaban J connectivity index is 1.52. The minimum absolute atomic E-state index is 0.0373. The standard InChI is InChI=1S/C23H29N3O2/c27-22(25-17-19-8-2-1-3-9-19)23(16-20-10-6-7-13-24-20)18-26(14-15-28-23)21-11-4-5-12-21/h1-3,6-10,13,21H,4-5,11-12,14-18H2,(H,25,27). The molecule has 1 unspecified atom stereocenters. The molecule has 5 nitrogen and oxygen atoms in total. The second kappa shape index (κ2) is 8.84. The summed E-state index contributed by atoms with van der Waals surface area (Å²) in [5.41, 5.74) is 1.10. The van der Waals surface area contributed by atoms with Crippen molar-refractivity contribution in [3.05, 3.63) is 66.0 Å². The molecule has 1 aliphatic heterocycles. The summed E-state index contributed by atoms with van der Waals surface area (Å²) in [5.74, 6) is -0.0373. The van der Waals surface area contributed by atoms with Gasteiger partial charge in [0.25, 0.3) is 5.91 Å². The van der Waals surface area contributed by atoms with E-state index in [0.29, 0.717) is 32.2 Å². The van der Waals surface area contributed by atoms with Crippen LogP contribution >= 0.6 is 0 Å². The lowest BCUT2D eigenvalue weighted by atomic mass is 9.92. The fraction of sp³-hybridized carbons (Fsp3) is 0.478. The van der Waals surface area contributed by atoms with Gasteiger partial charge in [-0.25, -0.2) is 0 Å². The van der Waals surface area contributed by atoms with Crippen LogP contribution in [0, 0.1) is 0 Å². The highest BCUT2D eigenvalue weighted by Gasteiger charge is 2.45. The Bertz CT molecular complexity index is 762. The second-order valence-electron chi connectivity index (χ2n) is 7.92. The Morgan fingerprint density at radius 2 is 1.93 bits per heavy atom. The molecular formula is C23H29N3O2. The number of amides is 1. The van der Waals surface area contributed by atoms with Crippen LogP contribution in [0.5, 0.6) is 0 Å². The van der Waals surface area contributed by atoms with Gasteiger partial charge in [0.2, 0.25) is 0 Å². The molecule has 5 heteroatoms. The number of aromatic nitrogens is 1. The predicted octanol–water partition coefficient (Wildman–Crippen LogP) is 2.95. The Hall–Kier alpha value is -2.24. The number of hydrogen-bond donors (Lipinski definition) is 1. The molecule has 1 N–H and O–H groups in total. The molecule has 4 rings (SSSR count). The second-order valence-corrected chi connectivity index (χ2v) is 7.92. The van der Waals surface area contributed by atoms with Crippen LogP contribution in [-0.4, -0.2) is 47.1 Å². The largest absolute Gasteiger partial charge is 0.362 e. The number of carbonyl (C=O) groups excluding carboxylic acids is 1. The van der Waals surface area contributed by atoms with Crippen molar-refractivity contribution in [2.45, 2.75) is 50.3 Å². The van der Waals surface area contributed by atoms with E-state index in [0.717, 1.165) is 17.8 Å². The monoisotopic (exact) mass is 379 g/mol. The van der Waals surface area contributed by atoms with Crippen molar-refractivity contribution >= 4 is 5.91 Å². The molecule has 1 aromatic heterocycles. The summed E-state index contributed by atoms with van der Waals surface area (Å²) >= 11 is 0. The highest BCUT2D eigenvalue weighted by Crippen LogP contribution is 2.30. The fourth-order valence-corrected chi connectivity index (χ4v) is 4.45. The molecule has 2 aliphatic rings. The van der Waals surface area contributed by atoms with E-state index in [9.17, 15) is 4.79 Å². The van der Waals surface area contributed by atoms with Gasteiger partial charge in [0, 0.05) is 44.0 Å². The van der Waals surface area contributed by atoms with E-state index in [4.69, 9.17) is 4.74 Å². The molecule has 1 atom stereocenters. The Morgan fingerprint density at radius 1 is 1.14 bits per heavy atom. The first-order chi connectivity index (χ1) is 13.8. The van der Waals surface area contributed by atoms with Gasteiger partial charge in [0.05, 0.1) is 6.61 Å². The van der Waals surface area contributed by atoms with Crippen LogP contribution in [0.25, 0.3) is 0 Å². The number of benzene rings is 1. The van der Waals surface area contributed by atoms with Gasteiger partial charge in [0.1, 0.15) is 0 Å². The van der Waals surface area contributed by atoms with Crippen LogP contribution in [0.15, 0.2) is 54.7 Å². The third-order valence-electron chi connectivity index (χ3n) is 5.96. The summed E-state index contributed by atoms with van der Waals surface area (Å²) in [6.45, 7) is 2.63. The minimum Gasteiger partial charge on any atom is -0.362 e. The van der Waals surface area contributed by atoms with Crippen LogP contribution < -0.4 is 5.32 Å². The van der Waals surface area contributed by atoms with Crippen molar-refractivity contribution in [1.29, 1.82) is 0 Å². The first-order valence-electron chi connectivity index (χ1n) is 10.4. The maximum atomic E-state index is 13.4. The lowest BCUT2D eigenvalue weighted by molar-refractivity contribution is -0.163. The molecule has 0 spiro atoms. The molecule has 1 amide bonds. The van der Waals surface area contributed by atoms with E-state index in [-0.39, 0.29) is 5.91 Å². The highest BCUT2D eigenvalue weighted by atomic mass is 16.5. The number of ether oxygens (including phenoxy) is 1. The molecule has 0 radical (unpaired) electrons. The number of rotatable bonds is 6. The molecule has 1 saturated carbocycles.